The summed E-state index contributed by atoms with van der Waals surface area (Å²) in [6, 6.07) is 8.92. The molecule has 0 radical (unpaired) electrons. The topological polar surface area (TPSA) is 68.3 Å². The van der Waals surface area contributed by atoms with Gasteiger partial charge in [-0.3, -0.25) is 0 Å². The van der Waals surface area contributed by atoms with Crippen LogP contribution in [-0.4, -0.2) is 26.8 Å². The van der Waals surface area contributed by atoms with Crippen LogP contribution in [0.3, 0.4) is 0 Å². The minimum Gasteiger partial charge on any atom is -0.481 e. The Balaban J connectivity index is 2.08. The summed E-state index contributed by atoms with van der Waals surface area (Å²) >= 11 is 3.40. The van der Waals surface area contributed by atoms with Crippen LogP contribution in [0.2, 0.25) is 0 Å². The van der Waals surface area contributed by atoms with Crippen molar-refractivity contribution in [1.29, 1.82) is 0 Å². The number of benzene rings is 1. The summed E-state index contributed by atoms with van der Waals surface area (Å²) in [5, 5.41) is 3.39. The lowest BCUT2D eigenvalue weighted by molar-refractivity contribution is 0.389. The molecule has 0 saturated carbocycles. The van der Waals surface area contributed by atoms with E-state index >= 15 is 0 Å². The molecule has 0 saturated heterocycles. The lowest BCUT2D eigenvalue weighted by Crippen LogP contribution is -2.18. The van der Waals surface area contributed by atoms with Crippen LogP contribution in [0.25, 0.3) is 0 Å². The third kappa shape index (κ3) is 4.76. The van der Waals surface area contributed by atoms with Gasteiger partial charge in [-0.25, -0.2) is 13.4 Å². The summed E-state index contributed by atoms with van der Waals surface area (Å²) in [7, 11) is -1.57. The molecule has 0 bridgehead atoms. The molecule has 0 spiro atoms. The molecular weight excluding hydrogens is 380 g/mol. The van der Waals surface area contributed by atoms with Crippen molar-refractivity contribution in [3.8, 4) is 5.88 Å². The van der Waals surface area contributed by atoms with Gasteiger partial charge in [-0.1, -0.05) is 12.1 Å². The first-order valence-electron chi connectivity index (χ1n) is 7.03. The predicted octanol–water partition coefficient (Wildman–Crippen LogP) is 3.11. The van der Waals surface area contributed by atoms with E-state index in [0.29, 0.717) is 17.3 Å². The van der Waals surface area contributed by atoms with Gasteiger partial charge in [-0.05, 0) is 46.6 Å². The highest BCUT2D eigenvalue weighted by Gasteiger charge is 2.11. The van der Waals surface area contributed by atoms with E-state index in [1.807, 2.05) is 25.1 Å². The molecule has 0 aliphatic carbocycles. The molecule has 1 atom stereocenters. The fourth-order valence-corrected chi connectivity index (χ4v) is 3.17. The van der Waals surface area contributed by atoms with Gasteiger partial charge >= 0.3 is 0 Å². The van der Waals surface area contributed by atoms with Crippen LogP contribution < -0.4 is 10.1 Å². The molecule has 23 heavy (non-hydrogen) atoms. The van der Waals surface area contributed by atoms with Crippen LogP contribution in [0.15, 0.2) is 45.9 Å². The van der Waals surface area contributed by atoms with Crippen LogP contribution in [0.1, 0.15) is 24.1 Å². The van der Waals surface area contributed by atoms with Crippen molar-refractivity contribution in [1.82, 2.24) is 10.3 Å². The van der Waals surface area contributed by atoms with Gasteiger partial charge in [-0.15, -0.1) is 0 Å². The average Bonchev–Trinajstić information content (AvgIpc) is 2.52. The van der Waals surface area contributed by atoms with Crippen LogP contribution in [0, 0.1) is 0 Å². The van der Waals surface area contributed by atoms with Crippen molar-refractivity contribution in [3.05, 3.63) is 52.1 Å². The van der Waals surface area contributed by atoms with E-state index in [0.717, 1.165) is 15.6 Å². The number of ether oxygens (including phenoxy) is 1. The van der Waals surface area contributed by atoms with E-state index in [1.165, 1.54) is 6.26 Å². The van der Waals surface area contributed by atoms with Gasteiger partial charge in [0.25, 0.3) is 0 Å². The number of rotatable bonds is 6. The SMILES string of the molecule is COc1ncc(Br)cc1CNC(C)c1ccc(S(C)(=O)=O)cc1. The molecule has 0 aliphatic rings. The molecular formula is C16H19BrN2O3S. The third-order valence-corrected chi connectivity index (χ3v) is 5.05. The van der Waals surface area contributed by atoms with Gasteiger partial charge in [0.15, 0.2) is 9.84 Å². The number of nitrogens with one attached hydrogen (secondary N) is 1. The first kappa shape index (κ1) is 17.9. The number of methoxy groups -OCH3 is 1. The van der Waals surface area contributed by atoms with E-state index in [4.69, 9.17) is 4.74 Å². The predicted molar refractivity (Wildman–Crippen MR) is 93.3 cm³/mol. The Kier molecular flexibility index (Phi) is 5.78. The number of halogens is 1. The van der Waals surface area contributed by atoms with Gasteiger partial charge in [0.1, 0.15) is 0 Å². The normalized spacial score (nSPS) is 12.9. The zero-order chi connectivity index (χ0) is 17.0. The minimum atomic E-state index is -3.16. The summed E-state index contributed by atoms with van der Waals surface area (Å²) in [6.45, 7) is 2.61. The second-order valence-corrected chi connectivity index (χ2v) is 8.20. The molecule has 0 aliphatic heterocycles. The molecule has 5 nitrogen and oxygen atoms in total. The summed E-state index contributed by atoms with van der Waals surface area (Å²) in [4.78, 5) is 4.54. The molecule has 2 rings (SSSR count). The van der Waals surface area contributed by atoms with Crippen molar-refractivity contribution in [2.75, 3.05) is 13.4 Å². The summed E-state index contributed by atoms with van der Waals surface area (Å²) in [5.41, 5.74) is 1.96. The van der Waals surface area contributed by atoms with Crippen LogP contribution >= 0.6 is 15.9 Å². The number of pyridine rings is 1. The Morgan fingerprint density at radius 2 is 1.96 bits per heavy atom. The third-order valence-electron chi connectivity index (χ3n) is 3.49. The van der Waals surface area contributed by atoms with Gasteiger partial charge < -0.3 is 10.1 Å². The van der Waals surface area contributed by atoms with Gasteiger partial charge in [0, 0.05) is 35.1 Å². The van der Waals surface area contributed by atoms with Crippen LogP contribution in [0.5, 0.6) is 5.88 Å². The second kappa shape index (κ2) is 7.42. The van der Waals surface area contributed by atoms with E-state index < -0.39 is 9.84 Å². The zero-order valence-corrected chi connectivity index (χ0v) is 15.6. The summed E-state index contributed by atoms with van der Waals surface area (Å²) < 4.78 is 29.1. The lowest BCUT2D eigenvalue weighted by atomic mass is 10.1. The monoisotopic (exact) mass is 398 g/mol. The summed E-state index contributed by atoms with van der Waals surface area (Å²) in [6.07, 6.45) is 2.89. The quantitative estimate of drug-likeness (QED) is 0.809. The van der Waals surface area contributed by atoms with E-state index in [2.05, 4.69) is 26.2 Å². The molecule has 0 fully saturated rings. The largest absolute Gasteiger partial charge is 0.481 e. The maximum atomic E-state index is 11.5. The number of aromatic nitrogens is 1. The number of hydrogen-bond donors (Lipinski definition) is 1. The fourth-order valence-electron chi connectivity index (χ4n) is 2.16. The zero-order valence-electron chi connectivity index (χ0n) is 13.2. The molecule has 1 unspecified atom stereocenters. The van der Waals surface area contributed by atoms with Crippen molar-refractivity contribution in [3.63, 3.8) is 0 Å². The maximum Gasteiger partial charge on any atom is 0.217 e. The molecule has 2 aromatic rings. The van der Waals surface area contributed by atoms with Crippen molar-refractivity contribution >= 4 is 25.8 Å². The van der Waals surface area contributed by atoms with Crippen molar-refractivity contribution in [2.45, 2.75) is 24.4 Å². The number of hydrogen-bond acceptors (Lipinski definition) is 5. The molecule has 1 N–H and O–H groups in total. The Morgan fingerprint density at radius 1 is 1.30 bits per heavy atom. The van der Waals surface area contributed by atoms with Gasteiger partial charge in [-0.2, -0.15) is 0 Å². The van der Waals surface area contributed by atoms with E-state index in [1.54, 1.807) is 25.4 Å². The standard InChI is InChI=1S/C16H19BrN2O3S/c1-11(12-4-6-15(7-5-12)23(3,20)21)18-9-13-8-14(17)10-19-16(13)22-2/h4-8,10-11,18H,9H2,1-3H3. The smallest absolute Gasteiger partial charge is 0.217 e. The van der Waals surface area contributed by atoms with Crippen LogP contribution in [-0.2, 0) is 16.4 Å². The number of nitrogens with zero attached hydrogens (tertiary/aromatic N) is 1. The molecule has 124 valence electrons. The summed E-state index contributed by atoms with van der Waals surface area (Å²) in [5.74, 6) is 0.584. The Bertz CT molecular complexity index is 776. The van der Waals surface area contributed by atoms with Crippen LogP contribution in [0.4, 0.5) is 0 Å². The maximum absolute atomic E-state index is 11.5. The van der Waals surface area contributed by atoms with Gasteiger partial charge in [0.2, 0.25) is 5.88 Å². The van der Waals surface area contributed by atoms with Gasteiger partial charge in [0.05, 0.1) is 12.0 Å². The Hall–Kier alpha value is -1.44. The average molecular weight is 399 g/mol. The Labute approximate surface area is 145 Å². The Morgan fingerprint density at radius 3 is 2.52 bits per heavy atom. The van der Waals surface area contributed by atoms with E-state index in [-0.39, 0.29) is 6.04 Å². The fraction of sp³-hybridized carbons (Fsp3) is 0.312. The first-order valence-corrected chi connectivity index (χ1v) is 9.71. The molecule has 1 aromatic heterocycles. The van der Waals surface area contributed by atoms with E-state index in [9.17, 15) is 8.42 Å². The highest BCUT2D eigenvalue weighted by molar-refractivity contribution is 9.10. The molecule has 7 heteroatoms. The highest BCUT2D eigenvalue weighted by Crippen LogP contribution is 2.21. The molecule has 1 heterocycles. The van der Waals surface area contributed by atoms with Crippen molar-refractivity contribution in [2.24, 2.45) is 0 Å². The lowest BCUT2D eigenvalue weighted by Gasteiger charge is -2.16. The highest BCUT2D eigenvalue weighted by atomic mass is 79.9. The molecule has 0 amide bonds. The van der Waals surface area contributed by atoms with Crippen molar-refractivity contribution < 1.29 is 13.2 Å². The molecule has 1 aromatic carbocycles. The number of sulfone groups is 1. The second-order valence-electron chi connectivity index (χ2n) is 5.27. The first-order chi connectivity index (χ1) is 10.8. The minimum absolute atomic E-state index is 0.0623.